The van der Waals surface area contributed by atoms with Crippen LogP contribution in [0.1, 0.15) is 23.1 Å². The number of nitrogens with zero attached hydrogens (tertiary/aromatic N) is 6. The molecule has 4 aromatic rings. The van der Waals surface area contributed by atoms with Gasteiger partial charge in [0.05, 0.1) is 17.4 Å². The average molecular weight is 438 g/mol. The summed E-state index contributed by atoms with van der Waals surface area (Å²) in [4.78, 5) is 57.8. The summed E-state index contributed by atoms with van der Waals surface area (Å²) in [5, 5.41) is 0. The standard InChI is InChI=1S/C20H22N8O4/c1-5-28-11(2)22-13-8-12(6-7-14(13)28)18(30)24-23-15(29)9-27-10-21-17-16(27)19(31)26(4)20(32)25(17)3/h6-8,10H,5,9H2,1-4H3,(H,23,29)(H,24,30). The number of hydrazine groups is 1. The highest BCUT2D eigenvalue weighted by atomic mass is 16.2. The van der Waals surface area contributed by atoms with Gasteiger partial charge in [-0.25, -0.2) is 14.8 Å². The maximum Gasteiger partial charge on any atom is 0.332 e. The monoisotopic (exact) mass is 438 g/mol. The third kappa shape index (κ3) is 3.35. The molecule has 0 fully saturated rings. The molecule has 12 heteroatoms. The molecule has 2 amide bonds. The van der Waals surface area contributed by atoms with Crippen LogP contribution in [-0.2, 0) is 32.0 Å². The maximum atomic E-state index is 12.5. The number of imidazole rings is 2. The van der Waals surface area contributed by atoms with Crippen LogP contribution in [-0.4, -0.2) is 40.1 Å². The summed E-state index contributed by atoms with van der Waals surface area (Å²) in [6, 6.07) is 5.13. The molecular formula is C20H22N8O4. The minimum Gasteiger partial charge on any atom is -0.329 e. The lowest BCUT2D eigenvalue weighted by Gasteiger charge is -2.09. The Morgan fingerprint density at radius 3 is 2.56 bits per heavy atom. The van der Waals surface area contributed by atoms with E-state index in [4.69, 9.17) is 0 Å². The number of aryl methyl sites for hydroxylation is 3. The second-order valence-corrected chi connectivity index (χ2v) is 7.36. The van der Waals surface area contributed by atoms with Crippen molar-refractivity contribution in [2.45, 2.75) is 26.9 Å². The van der Waals surface area contributed by atoms with Crippen molar-refractivity contribution in [3.05, 3.63) is 56.8 Å². The Morgan fingerprint density at radius 2 is 1.84 bits per heavy atom. The van der Waals surface area contributed by atoms with Gasteiger partial charge in [0.1, 0.15) is 12.4 Å². The Bertz CT molecular complexity index is 1500. The summed E-state index contributed by atoms with van der Waals surface area (Å²) < 4.78 is 5.53. The molecule has 0 radical (unpaired) electrons. The lowest BCUT2D eigenvalue weighted by atomic mass is 10.2. The summed E-state index contributed by atoms with van der Waals surface area (Å²) in [5.74, 6) is -0.219. The van der Waals surface area contributed by atoms with Crippen molar-refractivity contribution in [3.63, 3.8) is 0 Å². The molecule has 12 nitrogen and oxygen atoms in total. The molecule has 2 N–H and O–H groups in total. The Morgan fingerprint density at radius 1 is 1.09 bits per heavy atom. The molecule has 0 unspecified atom stereocenters. The van der Waals surface area contributed by atoms with Crippen LogP contribution in [0.4, 0.5) is 0 Å². The first-order valence-corrected chi connectivity index (χ1v) is 9.89. The quantitative estimate of drug-likeness (QED) is 0.415. The summed E-state index contributed by atoms with van der Waals surface area (Å²) in [6.07, 6.45) is 1.30. The van der Waals surface area contributed by atoms with Gasteiger partial charge in [0.2, 0.25) is 0 Å². The first-order chi connectivity index (χ1) is 15.2. The number of carbonyl (C=O) groups excluding carboxylic acids is 2. The van der Waals surface area contributed by atoms with E-state index in [-0.39, 0.29) is 17.7 Å². The Labute approximate surface area is 181 Å². The van der Waals surface area contributed by atoms with Crippen LogP contribution >= 0.6 is 0 Å². The van der Waals surface area contributed by atoms with Gasteiger partial charge < -0.3 is 9.13 Å². The van der Waals surface area contributed by atoms with Gasteiger partial charge in [0.15, 0.2) is 11.2 Å². The number of amides is 2. The number of hydrogen-bond donors (Lipinski definition) is 2. The molecule has 4 rings (SSSR count). The lowest BCUT2D eigenvalue weighted by Crippen LogP contribution is -2.43. The van der Waals surface area contributed by atoms with Gasteiger partial charge in [-0.15, -0.1) is 0 Å². The van der Waals surface area contributed by atoms with Crippen molar-refractivity contribution in [2.24, 2.45) is 14.1 Å². The Kier molecular flexibility index (Phi) is 5.12. The van der Waals surface area contributed by atoms with E-state index in [0.29, 0.717) is 11.1 Å². The van der Waals surface area contributed by atoms with E-state index in [1.54, 1.807) is 12.1 Å². The third-order valence-corrected chi connectivity index (χ3v) is 5.36. The van der Waals surface area contributed by atoms with Gasteiger partial charge >= 0.3 is 5.69 Å². The smallest absolute Gasteiger partial charge is 0.329 e. The lowest BCUT2D eigenvalue weighted by molar-refractivity contribution is -0.122. The van der Waals surface area contributed by atoms with Crippen molar-refractivity contribution in [2.75, 3.05) is 0 Å². The van der Waals surface area contributed by atoms with Gasteiger partial charge in [-0.2, -0.15) is 0 Å². The van der Waals surface area contributed by atoms with Crippen molar-refractivity contribution in [1.29, 1.82) is 0 Å². The average Bonchev–Trinajstić information content (AvgIpc) is 3.33. The van der Waals surface area contributed by atoms with Gasteiger partial charge in [0, 0.05) is 26.2 Å². The van der Waals surface area contributed by atoms with Crippen LogP contribution in [0, 0.1) is 6.92 Å². The number of fused-ring (bicyclic) bond motifs is 2. The SMILES string of the molecule is CCn1c(C)nc2cc(C(=O)NNC(=O)Cn3cnc4c3c(=O)n(C)c(=O)n4C)ccc21. The molecule has 32 heavy (non-hydrogen) atoms. The molecule has 0 spiro atoms. The summed E-state index contributed by atoms with van der Waals surface area (Å²) >= 11 is 0. The summed E-state index contributed by atoms with van der Waals surface area (Å²) in [6.45, 7) is 4.41. The van der Waals surface area contributed by atoms with Crippen molar-refractivity contribution < 1.29 is 9.59 Å². The summed E-state index contributed by atoms with van der Waals surface area (Å²) in [5.41, 5.74) is 5.86. The van der Waals surface area contributed by atoms with Gasteiger partial charge in [-0.3, -0.25) is 34.4 Å². The van der Waals surface area contributed by atoms with E-state index in [2.05, 4.69) is 20.8 Å². The zero-order valence-electron chi connectivity index (χ0n) is 18.0. The zero-order chi connectivity index (χ0) is 23.2. The van der Waals surface area contributed by atoms with Crippen molar-refractivity contribution in [1.82, 2.24) is 39.1 Å². The molecule has 1 aromatic carbocycles. The first-order valence-electron chi connectivity index (χ1n) is 9.89. The maximum absolute atomic E-state index is 12.5. The fourth-order valence-electron chi connectivity index (χ4n) is 3.70. The van der Waals surface area contributed by atoms with Crippen molar-refractivity contribution >= 4 is 34.0 Å². The number of rotatable bonds is 4. The molecule has 0 saturated carbocycles. The number of hydrogen-bond acceptors (Lipinski definition) is 6. The highest BCUT2D eigenvalue weighted by Gasteiger charge is 2.17. The van der Waals surface area contributed by atoms with Crippen LogP contribution in [0.2, 0.25) is 0 Å². The Balaban J connectivity index is 1.49. The fourth-order valence-corrected chi connectivity index (χ4v) is 3.70. The summed E-state index contributed by atoms with van der Waals surface area (Å²) in [7, 11) is 2.84. The molecule has 0 aliphatic rings. The van der Waals surface area contributed by atoms with Crippen LogP contribution in [0.5, 0.6) is 0 Å². The topological polar surface area (TPSA) is 138 Å². The molecule has 0 saturated heterocycles. The van der Waals surface area contributed by atoms with E-state index in [1.165, 1.54) is 29.6 Å². The minimum atomic E-state index is -0.569. The van der Waals surface area contributed by atoms with Crippen LogP contribution in [0.3, 0.4) is 0 Å². The van der Waals surface area contributed by atoms with Gasteiger partial charge in [-0.1, -0.05) is 0 Å². The van der Waals surface area contributed by atoms with Gasteiger partial charge in [0.25, 0.3) is 17.4 Å². The van der Waals surface area contributed by atoms with Crippen LogP contribution < -0.4 is 22.1 Å². The highest BCUT2D eigenvalue weighted by molar-refractivity contribution is 5.98. The highest BCUT2D eigenvalue weighted by Crippen LogP contribution is 2.17. The van der Waals surface area contributed by atoms with E-state index in [0.717, 1.165) is 22.5 Å². The molecule has 3 heterocycles. The predicted octanol–water partition coefficient (Wildman–Crippen LogP) is -0.427. The second-order valence-electron chi connectivity index (χ2n) is 7.36. The van der Waals surface area contributed by atoms with Crippen LogP contribution in [0.25, 0.3) is 22.2 Å². The predicted molar refractivity (Wildman–Crippen MR) is 116 cm³/mol. The normalized spacial score (nSPS) is 11.2. The molecule has 166 valence electrons. The van der Waals surface area contributed by atoms with E-state index in [1.807, 2.05) is 24.5 Å². The van der Waals surface area contributed by atoms with E-state index in [9.17, 15) is 19.2 Å². The fraction of sp³-hybridized carbons (Fsp3) is 0.300. The number of benzene rings is 1. The number of aromatic nitrogens is 6. The first kappa shape index (κ1) is 21.0. The van der Waals surface area contributed by atoms with E-state index < -0.39 is 23.1 Å². The zero-order valence-corrected chi connectivity index (χ0v) is 18.0. The molecule has 3 aromatic heterocycles. The van der Waals surface area contributed by atoms with Crippen molar-refractivity contribution in [3.8, 4) is 0 Å². The van der Waals surface area contributed by atoms with E-state index >= 15 is 0 Å². The second kappa shape index (κ2) is 7.80. The third-order valence-electron chi connectivity index (χ3n) is 5.36. The number of nitrogens with one attached hydrogen (secondary N) is 2. The Hall–Kier alpha value is -4.22. The molecule has 0 aliphatic heterocycles. The molecular weight excluding hydrogens is 416 g/mol. The molecule has 0 aliphatic carbocycles. The molecule has 0 atom stereocenters. The minimum absolute atomic E-state index is 0.114. The van der Waals surface area contributed by atoms with Crippen LogP contribution in [0.15, 0.2) is 34.1 Å². The molecule has 0 bridgehead atoms. The van der Waals surface area contributed by atoms with Gasteiger partial charge in [-0.05, 0) is 32.0 Å². The largest absolute Gasteiger partial charge is 0.332 e. The number of carbonyl (C=O) groups is 2.